The number of pyridine rings is 1. The fraction of sp³-hybridized carbons (Fsp3) is 0.450. The number of carbonyl (C=O) groups is 1. The van der Waals surface area contributed by atoms with E-state index in [4.69, 9.17) is 0 Å². The lowest BCUT2D eigenvalue weighted by Crippen LogP contribution is -2.36. The van der Waals surface area contributed by atoms with Crippen LogP contribution < -0.4 is 5.32 Å². The van der Waals surface area contributed by atoms with Crippen molar-refractivity contribution >= 4 is 28.3 Å². The summed E-state index contributed by atoms with van der Waals surface area (Å²) < 4.78 is 1.74. The Kier molecular flexibility index (Phi) is 5.02. The summed E-state index contributed by atoms with van der Waals surface area (Å²) in [4.78, 5) is 18.3. The van der Waals surface area contributed by atoms with Crippen LogP contribution in [0.2, 0.25) is 0 Å². The summed E-state index contributed by atoms with van der Waals surface area (Å²) in [6, 6.07) is 6.49. The third kappa shape index (κ3) is 3.51. The summed E-state index contributed by atoms with van der Waals surface area (Å²) in [5.74, 6) is 0.0321. The highest BCUT2D eigenvalue weighted by atomic mass is 32.1. The van der Waals surface area contributed by atoms with E-state index >= 15 is 0 Å². The maximum Gasteiger partial charge on any atom is 0.242 e. The van der Waals surface area contributed by atoms with Crippen molar-refractivity contribution in [2.45, 2.75) is 58.0 Å². The maximum atomic E-state index is 12.6. The molecular formula is C20H24N4OS. The zero-order chi connectivity index (χ0) is 17.9. The molecule has 26 heavy (non-hydrogen) atoms. The highest BCUT2D eigenvalue weighted by Gasteiger charge is 2.18. The van der Waals surface area contributed by atoms with Gasteiger partial charge in [0.2, 0.25) is 5.91 Å². The predicted molar refractivity (Wildman–Crippen MR) is 105 cm³/mol. The summed E-state index contributed by atoms with van der Waals surface area (Å²) in [7, 11) is 0. The molecule has 1 saturated carbocycles. The van der Waals surface area contributed by atoms with Gasteiger partial charge in [-0.2, -0.15) is 5.10 Å². The van der Waals surface area contributed by atoms with Gasteiger partial charge in [-0.1, -0.05) is 31.7 Å². The van der Waals surface area contributed by atoms with Crippen LogP contribution in [0.25, 0.3) is 21.5 Å². The van der Waals surface area contributed by atoms with Crippen LogP contribution in [-0.2, 0) is 11.3 Å². The molecule has 0 aliphatic heterocycles. The van der Waals surface area contributed by atoms with Gasteiger partial charge in [0.15, 0.2) is 5.65 Å². The minimum Gasteiger partial charge on any atom is -0.352 e. The summed E-state index contributed by atoms with van der Waals surface area (Å²) >= 11 is 1.70. The van der Waals surface area contributed by atoms with Crippen molar-refractivity contribution in [2.75, 3.05) is 0 Å². The smallest absolute Gasteiger partial charge is 0.242 e. The Balaban J connectivity index is 1.57. The van der Waals surface area contributed by atoms with Gasteiger partial charge < -0.3 is 5.32 Å². The molecule has 1 aliphatic carbocycles. The van der Waals surface area contributed by atoms with Gasteiger partial charge in [0, 0.05) is 22.7 Å². The lowest BCUT2D eigenvalue weighted by Gasteiger charge is -2.16. The van der Waals surface area contributed by atoms with E-state index in [-0.39, 0.29) is 12.5 Å². The molecule has 3 aromatic rings. The number of fused-ring (bicyclic) bond motifs is 1. The third-order valence-electron chi connectivity index (χ3n) is 5.11. The fourth-order valence-corrected chi connectivity index (χ4v) is 4.62. The molecule has 3 heterocycles. The third-order valence-corrected chi connectivity index (χ3v) is 6.01. The second-order valence-electron chi connectivity index (χ2n) is 7.03. The summed E-state index contributed by atoms with van der Waals surface area (Å²) in [5, 5.41) is 10.9. The van der Waals surface area contributed by atoms with Crippen molar-refractivity contribution in [3.63, 3.8) is 0 Å². The first kappa shape index (κ1) is 17.2. The largest absolute Gasteiger partial charge is 0.352 e. The maximum absolute atomic E-state index is 12.6. The standard InChI is InChI=1S/C20H24N4OS/c1-14-19-16(17-9-6-12-26-17)10-11-21-20(19)24(23-14)13-18(25)22-15-7-4-2-3-5-8-15/h6,9-12,15H,2-5,7-8,13H2,1H3,(H,22,25). The Morgan fingerprint density at radius 2 is 2.08 bits per heavy atom. The Hall–Kier alpha value is -2.21. The quantitative estimate of drug-likeness (QED) is 0.698. The van der Waals surface area contributed by atoms with Crippen molar-refractivity contribution in [3.05, 3.63) is 35.5 Å². The Bertz CT molecular complexity index is 892. The highest BCUT2D eigenvalue weighted by molar-refractivity contribution is 7.13. The van der Waals surface area contributed by atoms with Gasteiger partial charge in [0.05, 0.1) is 11.1 Å². The molecule has 136 valence electrons. The molecule has 0 atom stereocenters. The Morgan fingerprint density at radius 3 is 2.81 bits per heavy atom. The van der Waals surface area contributed by atoms with Crippen LogP contribution in [0.15, 0.2) is 29.8 Å². The van der Waals surface area contributed by atoms with Crippen molar-refractivity contribution in [3.8, 4) is 10.4 Å². The molecule has 0 unspecified atom stereocenters. The second kappa shape index (κ2) is 7.58. The number of carbonyl (C=O) groups excluding carboxylic acids is 1. The average molecular weight is 369 g/mol. The normalized spacial score (nSPS) is 15.9. The highest BCUT2D eigenvalue weighted by Crippen LogP contribution is 2.32. The minimum atomic E-state index is 0.0321. The topological polar surface area (TPSA) is 59.8 Å². The van der Waals surface area contributed by atoms with Crippen molar-refractivity contribution in [1.29, 1.82) is 0 Å². The number of hydrogen-bond acceptors (Lipinski definition) is 4. The number of aryl methyl sites for hydroxylation is 1. The van der Waals surface area contributed by atoms with Gasteiger partial charge in [-0.3, -0.25) is 4.79 Å². The van der Waals surface area contributed by atoms with Gasteiger partial charge in [0.25, 0.3) is 0 Å². The monoisotopic (exact) mass is 368 g/mol. The molecule has 6 heteroatoms. The van der Waals surface area contributed by atoms with Crippen LogP contribution >= 0.6 is 11.3 Å². The SMILES string of the molecule is Cc1nn(CC(=O)NC2CCCCCC2)c2nccc(-c3cccs3)c12. The molecule has 0 spiro atoms. The zero-order valence-corrected chi connectivity index (χ0v) is 15.9. The molecule has 0 aromatic carbocycles. The number of nitrogens with zero attached hydrogens (tertiary/aromatic N) is 3. The minimum absolute atomic E-state index is 0.0321. The van der Waals surface area contributed by atoms with Gasteiger partial charge in [-0.05, 0) is 37.3 Å². The number of amides is 1. The van der Waals surface area contributed by atoms with E-state index in [1.54, 1.807) is 22.2 Å². The van der Waals surface area contributed by atoms with Gasteiger partial charge in [-0.15, -0.1) is 11.3 Å². The lowest BCUT2D eigenvalue weighted by molar-refractivity contribution is -0.122. The number of hydrogen-bond donors (Lipinski definition) is 1. The molecule has 1 aliphatic rings. The molecule has 1 fully saturated rings. The fourth-order valence-electron chi connectivity index (χ4n) is 3.86. The Morgan fingerprint density at radius 1 is 1.27 bits per heavy atom. The van der Waals surface area contributed by atoms with Crippen molar-refractivity contribution in [2.24, 2.45) is 0 Å². The van der Waals surface area contributed by atoms with E-state index in [0.29, 0.717) is 6.04 Å². The molecule has 1 amide bonds. The van der Waals surface area contributed by atoms with E-state index in [9.17, 15) is 4.79 Å². The van der Waals surface area contributed by atoms with Gasteiger partial charge in [0.1, 0.15) is 6.54 Å². The van der Waals surface area contributed by atoms with Gasteiger partial charge in [-0.25, -0.2) is 9.67 Å². The zero-order valence-electron chi connectivity index (χ0n) is 15.1. The van der Waals surface area contributed by atoms with Crippen molar-refractivity contribution in [1.82, 2.24) is 20.1 Å². The van der Waals surface area contributed by atoms with Crippen LogP contribution in [0.3, 0.4) is 0 Å². The number of nitrogens with one attached hydrogen (secondary N) is 1. The molecule has 1 N–H and O–H groups in total. The molecule has 0 bridgehead atoms. The van der Waals surface area contributed by atoms with E-state index < -0.39 is 0 Å². The van der Waals surface area contributed by atoms with E-state index in [1.807, 2.05) is 19.1 Å². The second-order valence-corrected chi connectivity index (χ2v) is 7.98. The van der Waals surface area contributed by atoms with Crippen molar-refractivity contribution < 1.29 is 4.79 Å². The van der Waals surface area contributed by atoms with E-state index in [0.717, 1.165) is 35.1 Å². The first-order chi connectivity index (χ1) is 12.7. The van der Waals surface area contributed by atoms with Crippen LogP contribution in [0.4, 0.5) is 0 Å². The summed E-state index contributed by atoms with van der Waals surface area (Å²) in [6.07, 6.45) is 8.96. The van der Waals surface area contributed by atoms with Crippen LogP contribution in [0, 0.1) is 6.92 Å². The van der Waals surface area contributed by atoms with Crippen LogP contribution in [0.5, 0.6) is 0 Å². The van der Waals surface area contributed by atoms with Crippen LogP contribution in [-0.4, -0.2) is 26.7 Å². The summed E-state index contributed by atoms with van der Waals surface area (Å²) in [5.41, 5.74) is 2.83. The first-order valence-corrected chi connectivity index (χ1v) is 10.3. The van der Waals surface area contributed by atoms with E-state index in [1.165, 1.54) is 30.6 Å². The van der Waals surface area contributed by atoms with Gasteiger partial charge >= 0.3 is 0 Å². The molecule has 3 aromatic heterocycles. The number of rotatable bonds is 4. The number of thiophene rings is 1. The molecule has 4 rings (SSSR count). The lowest BCUT2D eigenvalue weighted by atomic mass is 10.1. The van der Waals surface area contributed by atoms with E-state index in [2.05, 4.69) is 26.8 Å². The number of aromatic nitrogens is 3. The molecular weight excluding hydrogens is 344 g/mol. The van der Waals surface area contributed by atoms with Crippen LogP contribution in [0.1, 0.15) is 44.2 Å². The average Bonchev–Trinajstić information content (AvgIpc) is 3.19. The predicted octanol–water partition coefficient (Wildman–Crippen LogP) is 4.31. The first-order valence-electron chi connectivity index (χ1n) is 9.38. The Labute approximate surface area is 157 Å². The molecule has 0 radical (unpaired) electrons. The summed E-state index contributed by atoms with van der Waals surface area (Å²) in [6.45, 7) is 2.21. The molecule has 0 saturated heterocycles. The molecule has 5 nitrogen and oxygen atoms in total.